The van der Waals surface area contributed by atoms with Crippen LogP contribution in [0.4, 0.5) is 8.78 Å². The van der Waals surface area contributed by atoms with E-state index >= 15 is 0 Å². The zero-order valence-electron chi connectivity index (χ0n) is 16.1. The minimum atomic E-state index is -0.964. The van der Waals surface area contributed by atoms with Crippen LogP contribution in [-0.2, 0) is 4.79 Å². The van der Waals surface area contributed by atoms with Crippen LogP contribution in [-0.4, -0.2) is 42.4 Å². The van der Waals surface area contributed by atoms with Crippen LogP contribution in [0.1, 0.15) is 44.5 Å². The van der Waals surface area contributed by atoms with Crippen molar-refractivity contribution in [1.82, 2.24) is 10.2 Å². The maximum Gasteiger partial charge on any atom is 0.257 e. The second-order valence-corrected chi connectivity index (χ2v) is 7.25. The summed E-state index contributed by atoms with van der Waals surface area (Å²) in [5.41, 5.74) is 5.32. The summed E-state index contributed by atoms with van der Waals surface area (Å²) in [6, 6.07) is 2.26. The molecule has 0 fully saturated rings. The van der Waals surface area contributed by atoms with Crippen LogP contribution in [0.5, 0.6) is 0 Å². The van der Waals surface area contributed by atoms with E-state index < -0.39 is 29.1 Å². The van der Waals surface area contributed by atoms with Gasteiger partial charge >= 0.3 is 0 Å². The maximum atomic E-state index is 13.8. The normalized spacial score (nSPS) is 13.6. The lowest BCUT2D eigenvalue weighted by molar-refractivity contribution is -0.133. The lowest BCUT2D eigenvalue weighted by atomic mass is 10.00. The first kappa shape index (κ1) is 22.0. The molecule has 1 rings (SSSR count). The standard InChI is InChI=1S/C19H29F2N3O2/c1-11(2)15(22)9-10-24(5)19(26)17(12(3)4)23-18(25)16-13(20)7-6-8-14(16)21/h6-8,11-12,15,17H,9-10,22H2,1-5H3,(H,23,25). The Morgan fingerprint density at radius 2 is 1.65 bits per heavy atom. The number of carbonyl (C=O) groups is 2. The van der Waals surface area contributed by atoms with Gasteiger partial charge in [-0.2, -0.15) is 0 Å². The lowest BCUT2D eigenvalue weighted by Crippen LogP contribution is -2.51. The number of nitrogens with zero attached hydrogens (tertiary/aromatic N) is 1. The first-order valence-electron chi connectivity index (χ1n) is 8.81. The van der Waals surface area contributed by atoms with Crippen molar-refractivity contribution < 1.29 is 18.4 Å². The van der Waals surface area contributed by atoms with E-state index in [-0.39, 0.29) is 17.9 Å². The molecular weight excluding hydrogens is 340 g/mol. The van der Waals surface area contributed by atoms with E-state index in [4.69, 9.17) is 5.73 Å². The molecule has 2 atom stereocenters. The van der Waals surface area contributed by atoms with E-state index in [1.54, 1.807) is 20.9 Å². The molecule has 0 spiro atoms. The Hall–Kier alpha value is -2.02. The molecule has 1 aromatic rings. The van der Waals surface area contributed by atoms with Crippen molar-refractivity contribution in [3.63, 3.8) is 0 Å². The molecule has 0 aliphatic heterocycles. The predicted octanol–water partition coefficient (Wildman–Crippen LogP) is 2.55. The van der Waals surface area contributed by atoms with Gasteiger partial charge in [0.05, 0.1) is 0 Å². The number of amides is 2. The third-order valence-corrected chi connectivity index (χ3v) is 4.44. The van der Waals surface area contributed by atoms with Gasteiger partial charge in [0.15, 0.2) is 0 Å². The minimum absolute atomic E-state index is 0.0372. The number of halogens is 2. The number of benzene rings is 1. The van der Waals surface area contributed by atoms with Gasteiger partial charge in [0.2, 0.25) is 5.91 Å². The Kier molecular flexibility index (Phi) is 8.14. The largest absolute Gasteiger partial charge is 0.344 e. The summed E-state index contributed by atoms with van der Waals surface area (Å²) in [7, 11) is 1.63. The van der Waals surface area contributed by atoms with Crippen molar-refractivity contribution in [2.45, 2.75) is 46.2 Å². The SMILES string of the molecule is CC(C)C(N)CCN(C)C(=O)C(NC(=O)c1c(F)cccc1F)C(C)C. The molecule has 0 heterocycles. The van der Waals surface area contributed by atoms with Gasteiger partial charge in [-0.15, -0.1) is 0 Å². The van der Waals surface area contributed by atoms with Crippen molar-refractivity contribution in [3.05, 3.63) is 35.4 Å². The topological polar surface area (TPSA) is 75.4 Å². The van der Waals surface area contributed by atoms with Crippen LogP contribution in [0.15, 0.2) is 18.2 Å². The van der Waals surface area contributed by atoms with E-state index in [2.05, 4.69) is 5.32 Å². The van der Waals surface area contributed by atoms with Crippen LogP contribution in [0.3, 0.4) is 0 Å². The molecule has 0 saturated carbocycles. The van der Waals surface area contributed by atoms with Crippen molar-refractivity contribution in [2.24, 2.45) is 17.6 Å². The summed E-state index contributed by atoms with van der Waals surface area (Å²) in [6.07, 6.45) is 0.626. The fourth-order valence-electron chi connectivity index (χ4n) is 2.47. The molecule has 1 aromatic carbocycles. The molecule has 0 aromatic heterocycles. The summed E-state index contributed by atoms with van der Waals surface area (Å²) in [4.78, 5) is 26.5. The van der Waals surface area contributed by atoms with Crippen molar-refractivity contribution in [2.75, 3.05) is 13.6 Å². The monoisotopic (exact) mass is 369 g/mol. The van der Waals surface area contributed by atoms with E-state index in [1.807, 2.05) is 13.8 Å². The van der Waals surface area contributed by atoms with Gasteiger partial charge in [-0.25, -0.2) is 8.78 Å². The van der Waals surface area contributed by atoms with Crippen LogP contribution in [0.2, 0.25) is 0 Å². The van der Waals surface area contributed by atoms with Crippen molar-refractivity contribution >= 4 is 11.8 Å². The molecule has 0 aliphatic carbocycles. The highest BCUT2D eigenvalue weighted by molar-refractivity contribution is 5.98. The third kappa shape index (κ3) is 5.76. The zero-order valence-corrected chi connectivity index (χ0v) is 16.1. The van der Waals surface area contributed by atoms with Gasteiger partial charge in [-0.05, 0) is 30.4 Å². The summed E-state index contributed by atoms with van der Waals surface area (Å²) >= 11 is 0. The zero-order chi connectivity index (χ0) is 20.0. The van der Waals surface area contributed by atoms with Gasteiger partial charge in [0.1, 0.15) is 23.2 Å². The van der Waals surface area contributed by atoms with Gasteiger partial charge in [0, 0.05) is 19.6 Å². The van der Waals surface area contributed by atoms with E-state index in [9.17, 15) is 18.4 Å². The molecule has 2 unspecified atom stereocenters. The first-order valence-corrected chi connectivity index (χ1v) is 8.81. The van der Waals surface area contributed by atoms with Crippen LogP contribution < -0.4 is 11.1 Å². The highest BCUT2D eigenvalue weighted by Gasteiger charge is 2.29. The van der Waals surface area contributed by atoms with Crippen molar-refractivity contribution in [3.8, 4) is 0 Å². The van der Waals surface area contributed by atoms with Gasteiger partial charge in [0.25, 0.3) is 5.91 Å². The molecule has 0 aliphatic rings. The second kappa shape index (κ2) is 9.62. The smallest absolute Gasteiger partial charge is 0.257 e. The highest BCUT2D eigenvalue weighted by Crippen LogP contribution is 2.14. The predicted molar refractivity (Wildman–Crippen MR) is 97.5 cm³/mol. The number of nitrogens with one attached hydrogen (secondary N) is 1. The highest BCUT2D eigenvalue weighted by atomic mass is 19.1. The molecule has 7 heteroatoms. The van der Waals surface area contributed by atoms with Gasteiger partial charge in [-0.1, -0.05) is 33.8 Å². The van der Waals surface area contributed by atoms with Gasteiger partial charge < -0.3 is 16.0 Å². The molecule has 3 N–H and O–H groups in total. The summed E-state index contributed by atoms with van der Waals surface area (Å²) in [6.45, 7) is 7.97. The number of nitrogens with two attached hydrogens (primary N) is 1. The average molecular weight is 369 g/mol. The lowest BCUT2D eigenvalue weighted by Gasteiger charge is -2.28. The van der Waals surface area contributed by atoms with Crippen LogP contribution in [0.25, 0.3) is 0 Å². The number of likely N-dealkylation sites (N-methyl/N-ethyl adjacent to an activating group) is 1. The van der Waals surface area contributed by atoms with Crippen LogP contribution >= 0.6 is 0 Å². The summed E-state index contributed by atoms with van der Waals surface area (Å²) < 4.78 is 27.6. The van der Waals surface area contributed by atoms with E-state index in [0.29, 0.717) is 18.9 Å². The summed E-state index contributed by atoms with van der Waals surface area (Å²) in [5.74, 6) is -3.14. The fraction of sp³-hybridized carbons (Fsp3) is 0.579. The Morgan fingerprint density at radius 1 is 1.12 bits per heavy atom. The van der Waals surface area contributed by atoms with Gasteiger partial charge in [-0.3, -0.25) is 9.59 Å². The number of rotatable bonds is 8. The Bertz CT molecular complexity index is 615. The molecule has 0 saturated heterocycles. The van der Waals surface area contributed by atoms with Crippen molar-refractivity contribution in [1.29, 1.82) is 0 Å². The summed E-state index contributed by atoms with van der Waals surface area (Å²) in [5, 5.41) is 2.46. The van der Waals surface area contributed by atoms with Crippen LogP contribution in [0, 0.1) is 23.5 Å². The minimum Gasteiger partial charge on any atom is -0.344 e. The molecule has 0 bridgehead atoms. The molecule has 26 heavy (non-hydrogen) atoms. The Morgan fingerprint density at radius 3 is 2.12 bits per heavy atom. The molecule has 5 nitrogen and oxygen atoms in total. The maximum absolute atomic E-state index is 13.8. The molecule has 2 amide bonds. The molecule has 0 radical (unpaired) electrons. The Balaban J connectivity index is 2.85. The first-order chi connectivity index (χ1) is 12.1. The Labute approximate surface area is 153 Å². The molecular formula is C19H29F2N3O2. The fourth-order valence-corrected chi connectivity index (χ4v) is 2.47. The van der Waals surface area contributed by atoms with E-state index in [0.717, 1.165) is 12.1 Å². The third-order valence-electron chi connectivity index (χ3n) is 4.44. The number of hydrogen-bond donors (Lipinski definition) is 2. The average Bonchev–Trinajstić information content (AvgIpc) is 2.55. The number of carbonyl (C=O) groups excluding carboxylic acids is 2. The van der Waals surface area contributed by atoms with E-state index in [1.165, 1.54) is 11.0 Å². The molecule has 146 valence electrons. The second-order valence-electron chi connectivity index (χ2n) is 7.25. The number of hydrogen-bond acceptors (Lipinski definition) is 3. The quantitative estimate of drug-likeness (QED) is 0.739.